The van der Waals surface area contributed by atoms with Crippen molar-refractivity contribution < 1.29 is 5.11 Å². The van der Waals surface area contributed by atoms with Crippen LogP contribution in [0.3, 0.4) is 0 Å². The molecule has 0 fully saturated rings. The van der Waals surface area contributed by atoms with E-state index in [0.29, 0.717) is 0 Å². The third kappa shape index (κ3) is 7.96. The average molecular weight is 144 g/mol. The van der Waals surface area contributed by atoms with Crippen LogP contribution in [0.4, 0.5) is 0 Å². The Morgan fingerprint density at radius 3 is 1.90 bits per heavy atom. The Hall–Kier alpha value is -0.0400. The number of aliphatic hydroxyl groups excluding tert-OH is 1. The third-order valence-electron chi connectivity index (χ3n) is 1.65. The third-order valence-corrected chi connectivity index (χ3v) is 1.65. The van der Waals surface area contributed by atoms with Gasteiger partial charge in [-0.05, 0) is 19.3 Å². The molecule has 10 heavy (non-hydrogen) atoms. The number of hydrogen-bond donors (Lipinski definition) is 1. The van der Waals surface area contributed by atoms with Gasteiger partial charge in [0.2, 0.25) is 0 Å². The van der Waals surface area contributed by atoms with Crippen LogP contribution in [0.5, 0.6) is 0 Å². The summed E-state index contributed by atoms with van der Waals surface area (Å²) in [6.45, 7) is 6.33. The van der Waals surface area contributed by atoms with Crippen LogP contribution in [-0.2, 0) is 0 Å². The minimum absolute atomic E-state index is 0.104. The topological polar surface area (TPSA) is 20.2 Å². The van der Waals surface area contributed by atoms with E-state index in [1.54, 1.807) is 0 Å². The molecule has 62 valence electrons. The lowest BCUT2D eigenvalue weighted by atomic mass is 10.0. The number of unbranched alkanes of at least 4 members (excludes halogenated alkanes) is 1. The number of aliphatic hydroxyl groups is 1. The molecule has 0 bridgehead atoms. The highest BCUT2D eigenvalue weighted by atomic mass is 16.3. The summed E-state index contributed by atoms with van der Waals surface area (Å²) in [7, 11) is 0. The van der Waals surface area contributed by atoms with Gasteiger partial charge in [0.1, 0.15) is 0 Å². The second-order valence-electron chi connectivity index (χ2n) is 3.53. The van der Waals surface area contributed by atoms with Crippen LogP contribution in [0.15, 0.2) is 0 Å². The van der Waals surface area contributed by atoms with Crippen molar-refractivity contribution in [3.8, 4) is 0 Å². The minimum atomic E-state index is -0.104. The van der Waals surface area contributed by atoms with Gasteiger partial charge < -0.3 is 5.11 Å². The fourth-order valence-electron chi connectivity index (χ4n) is 0.992. The first-order chi connectivity index (χ1) is 4.63. The largest absolute Gasteiger partial charge is 0.393 e. The molecular formula is C9H20O. The predicted molar refractivity (Wildman–Crippen MR) is 45.0 cm³/mol. The molecular weight excluding hydrogens is 124 g/mol. The molecule has 1 heteroatoms. The van der Waals surface area contributed by atoms with E-state index >= 15 is 0 Å². The maximum Gasteiger partial charge on any atom is 0.0512 e. The Morgan fingerprint density at radius 1 is 1.00 bits per heavy atom. The van der Waals surface area contributed by atoms with Crippen LogP contribution in [0.1, 0.15) is 46.5 Å². The molecule has 0 aromatic carbocycles. The second kappa shape index (κ2) is 5.72. The van der Waals surface area contributed by atoms with Gasteiger partial charge in [-0.3, -0.25) is 0 Å². The van der Waals surface area contributed by atoms with Gasteiger partial charge in [-0.2, -0.15) is 0 Å². The van der Waals surface area contributed by atoms with E-state index in [-0.39, 0.29) is 6.10 Å². The van der Waals surface area contributed by atoms with E-state index in [9.17, 15) is 0 Å². The molecule has 1 atom stereocenters. The van der Waals surface area contributed by atoms with Crippen molar-refractivity contribution in [3.05, 3.63) is 0 Å². The molecule has 1 unspecified atom stereocenters. The maximum atomic E-state index is 8.92. The van der Waals surface area contributed by atoms with E-state index < -0.39 is 0 Å². The monoisotopic (exact) mass is 144 g/mol. The standard InChI is InChI=1S/C9H20O/c1-8(2)6-4-5-7-9(3)10/h8-10H,4-7H2,1-3H3. The molecule has 0 saturated heterocycles. The van der Waals surface area contributed by atoms with Gasteiger partial charge >= 0.3 is 0 Å². The fraction of sp³-hybridized carbons (Fsp3) is 1.00. The van der Waals surface area contributed by atoms with Gasteiger partial charge in [-0.15, -0.1) is 0 Å². The number of hydrogen-bond acceptors (Lipinski definition) is 1. The van der Waals surface area contributed by atoms with Crippen molar-refractivity contribution in [1.82, 2.24) is 0 Å². The predicted octanol–water partition coefficient (Wildman–Crippen LogP) is 2.58. The lowest BCUT2D eigenvalue weighted by molar-refractivity contribution is 0.180. The molecule has 0 radical (unpaired) electrons. The number of rotatable bonds is 5. The molecule has 0 amide bonds. The highest BCUT2D eigenvalue weighted by molar-refractivity contribution is 4.50. The summed E-state index contributed by atoms with van der Waals surface area (Å²) in [6, 6.07) is 0. The lowest BCUT2D eigenvalue weighted by Crippen LogP contribution is -1.98. The molecule has 0 aliphatic rings. The first-order valence-corrected chi connectivity index (χ1v) is 4.31. The Bertz CT molecular complexity index is 57.1. The summed E-state index contributed by atoms with van der Waals surface area (Å²) in [5.74, 6) is 0.814. The van der Waals surface area contributed by atoms with Crippen molar-refractivity contribution in [2.45, 2.75) is 52.6 Å². The Kier molecular flexibility index (Phi) is 5.70. The van der Waals surface area contributed by atoms with Crippen LogP contribution in [0.25, 0.3) is 0 Å². The second-order valence-corrected chi connectivity index (χ2v) is 3.53. The summed E-state index contributed by atoms with van der Waals surface area (Å²) in [5.41, 5.74) is 0. The first-order valence-electron chi connectivity index (χ1n) is 4.31. The molecule has 0 aliphatic heterocycles. The van der Waals surface area contributed by atoms with Gasteiger partial charge in [0.05, 0.1) is 6.10 Å². The van der Waals surface area contributed by atoms with Gasteiger partial charge in [0.25, 0.3) is 0 Å². The molecule has 1 N–H and O–H groups in total. The van der Waals surface area contributed by atoms with Crippen molar-refractivity contribution in [1.29, 1.82) is 0 Å². The van der Waals surface area contributed by atoms with E-state index in [2.05, 4.69) is 13.8 Å². The van der Waals surface area contributed by atoms with Crippen LogP contribution >= 0.6 is 0 Å². The van der Waals surface area contributed by atoms with Crippen LogP contribution in [0.2, 0.25) is 0 Å². The quantitative estimate of drug-likeness (QED) is 0.588. The highest BCUT2D eigenvalue weighted by Gasteiger charge is 1.96. The lowest BCUT2D eigenvalue weighted by Gasteiger charge is -2.05. The van der Waals surface area contributed by atoms with E-state index in [1.807, 2.05) is 6.92 Å². The molecule has 0 saturated carbocycles. The Balaban J connectivity index is 2.91. The summed E-state index contributed by atoms with van der Waals surface area (Å²) in [5, 5.41) is 8.92. The van der Waals surface area contributed by atoms with Crippen LogP contribution in [-0.4, -0.2) is 11.2 Å². The molecule has 0 spiro atoms. The molecule has 1 nitrogen and oxygen atoms in total. The Morgan fingerprint density at radius 2 is 1.50 bits per heavy atom. The van der Waals surface area contributed by atoms with Crippen molar-refractivity contribution in [3.63, 3.8) is 0 Å². The summed E-state index contributed by atoms with van der Waals surface area (Å²) < 4.78 is 0. The van der Waals surface area contributed by atoms with Gasteiger partial charge in [0, 0.05) is 0 Å². The van der Waals surface area contributed by atoms with Crippen LogP contribution in [0, 0.1) is 5.92 Å². The van der Waals surface area contributed by atoms with Crippen molar-refractivity contribution in [2.24, 2.45) is 5.92 Å². The minimum Gasteiger partial charge on any atom is -0.393 e. The van der Waals surface area contributed by atoms with Crippen molar-refractivity contribution in [2.75, 3.05) is 0 Å². The normalized spacial score (nSPS) is 14.1. The van der Waals surface area contributed by atoms with Crippen molar-refractivity contribution >= 4 is 0 Å². The average Bonchev–Trinajstić information content (AvgIpc) is 1.79. The molecule has 0 rings (SSSR count). The summed E-state index contributed by atoms with van der Waals surface area (Å²) in [6.07, 6.45) is 4.60. The fourth-order valence-corrected chi connectivity index (χ4v) is 0.992. The maximum absolute atomic E-state index is 8.92. The smallest absolute Gasteiger partial charge is 0.0512 e. The zero-order chi connectivity index (χ0) is 7.98. The SMILES string of the molecule is CC(C)CCCCC(C)O. The highest BCUT2D eigenvalue weighted by Crippen LogP contribution is 2.08. The van der Waals surface area contributed by atoms with E-state index in [4.69, 9.17) is 5.11 Å². The van der Waals surface area contributed by atoms with Gasteiger partial charge in [-0.1, -0.05) is 33.1 Å². The van der Waals surface area contributed by atoms with E-state index in [0.717, 1.165) is 12.3 Å². The zero-order valence-corrected chi connectivity index (χ0v) is 7.43. The van der Waals surface area contributed by atoms with Crippen LogP contribution < -0.4 is 0 Å². The summed E-state index contributed by atoms with van der Waals surface area (Å²) in [4.78, 5) is 0. The molecule has 0 aromatic heterocycles. The van der Waals surface area contributed by atoms with Gasteiger partial charge in [-0.25, -0.2) is 0 Å². The Labute approximate surface area is 64.5 Å². The molecule has 0 heterocycles. The zero-order valence-electron chi connectivity index (χ0n) is 7.43. The van der Waals surface area contributed by atoms with Gasteiger partial charge in [0.15, 0.2) is 0 Å². The molecule has 0 aliphatic carbocycles. The summed E-state index contributed by atoms with van der Waals surface area (Å²) >= 11 is 0. The first kappa shape index (κ1) is 9.96. The van der Waals surface area contributed by atoms with E-state index in [1.165, 1.54) is 19.3 Å². The molecule has 0 aromatic rings.